The molecule has 1 atom stereocenters. The van der Waals surface area contributed by atoms with Gasteiger partial charge < -0.3 is 9.15 Å². The number of carbonyl (C=O) groups excluding carboxylic acids is 1. The predicted molar refractivity (Wildman–Crippen MR) is 105 cm³/mol. The van der Waals surface area contributed by atoms with E-state index < -0.39 is 10.3 Å². The Balaban J connectivity index is 1.56. The topological polar surface area (TPSA) is 52.3 Å². The highest BCUT2D eigenvalue weighted by Gasteiger charge is 2.52. The van der Waals surface area contributed by atoms with Crippen molar-refractivity contribution in [3.05, 3.63) is 65.9 Å². The van der Waals surface area contributed by atoms with E-state index in [9.17, 15) is 4.79 Å². The van der Waals surface area contributed by atoms with Crippen LogP contribution in [0.2, 0.25) is 0 Å². The molecule has 0 spiro atoms. The molecule has 3 aromatic rings. The lowest BCUT2D eigenvalue weighted by atomic mass is 10.1. The molecule has 0 bridgehead atoms. The number of halogens is 2. The Kier molecular flexibility index (Phi) is 4.70. The molecule has 4 nitrogen and oxygen atoms in total. The fourth-order valence-electron chi connectivity index (χ4n) is 2.80. The normalized spacial score (nSPS) is 17.5. The Labute approximate surface area is 167 Å². The summed E-state index contributed by atoms with van der Waals surface area (Å²) in [6.45, 7) is 2.22. The number of alkyl halides is 2. The molecule has 0 radical (unpaired) electrons. The molecule has 6 heteroatoms. The second-order valence-corrected chi connectivity index (χ2v) is 8.24. The number of oxazole rings is 1. The molecule has 2 aromatic carbocycles. The zero-order valence-electron chi connectivity index (χ0n) is 14.6. The molecule has 0 saturated heterocycles. The molecular formula is C21H17Cl2NO3. The summed E-state index contributed by atoms with van der Waals surface area (Å²) in [5.41, 5.74) is 3.07. The first-order valence-electron chi connectivity index (χ1n) is 8.61. The molecule has 0 amide bonds. The van der Waals surface area contributed by atoms with E-state index in [0.29, 0.717) is 29.2 Å². The highest BCUT2D eigenvalue weighted by Crippen LogP contribution is 2.53. The lowest BCUT2D eigenvalue weighted by molar-refractivity contribution is 0.0486. The Morgan fingerprint density at radius 3 is 2.63 bits per heavy atom. The van der Waals surface area contributed by atoms with Crippen LogP contribution in [0.1, 0.15) is 22.3 Å². The molecule has 0 aliphatic heterocycles. The van der Waals surface area contributed by atoms with Gasteiger partial charge in [-0.1, -0.05) is 42.0 Å². The van der Waals surface area contributed by atoms with Crippen molar-refractivity contribution in [3.8, 4) is 22.8 Å². The fourth-order valence-corrected chi connectivity index (χ4v) is 3.30. The minimum absolute atomic E-state index is 0.0215. The average molecular weight is 402 g/mol. The summed E-state index contributed by atoms with van der Waals surface area (Å²) in [5, 5.41) is 0. The van der Waals surface area contributed by atoms with Gasteiger partial charge in [-0.3, -0.25) is 0 Å². The third kappa shape index (κ3) is 3.87. The first kappa shape index (κ1) is 18.1. The van der Waals surface area contributed by atoms with E-state index in [1.54, 1.807) is 24.4 Å². The summed E-state index contributed by atoms with van der Waals surface area (Å²) in [6.07, 6.45) is 2.28. The largest absolute Gasteiger partial charge is 0.462 e. The molecule has 138 valence electrons. The maximum atomic E-state index is 12.5. The third-order valence-electron chi connectivity index (χ3n) is 4.59. The summed E-state index contributed by atoms with van der Waals surface area (Å²) >= 11 is 12.0. The summed E-state index contributed by atoms with van der Waals surface area (Å²) in [6, 6.07) is 15.0. The first-order valence-corrected chi connectivity index (χ1v) is 9.37. The van der Waals surface area contributed by atoms with E-state index in [-0.39, 0.29) is 12.5 Å². The van der Waals surface area contributed by atoms with E-state index in [1.165, 1.54) is 5.56 Å². The highest BCUT2D eigenvalue weighted by atomic mass is 35.5. The molecule has 1 aromatic heterocycles. The van der Waals surface area contributed by atoms with Gasteiger partial charge in [-0.25, -0.2) is 9.78 Å². The number of hydrogen-bond donors (Lipinski definition) is 0. The summed E-state index contributed by atoms with van der Waals surface area (Å²) in [7, 11) is 0. The maximum Gasteiger partial charge on any atom is 0.338 e. The number of aryl methyl sites for hydroxylation is 1. The van der Waals surface area contributed by atoms with Gasteiger partial charge in [0.25, 0.3) is 0 Å². The van der Waals surface area contributed by atoms with Crippen LogP contribution in [0, 0.1) is 12.8 Å². The van der Waals surface area contributed by atoms with Crippen LogP contribution in [-0.4, -0.2) is 21.9 Å². The lowest BCUT2D eigenvalue weighted by Crippen LogP contribution is -2.10. The van der Waals surface area contributed by atoms with Gasteiger partial charge in [-0.2, -0.15) is 0 Å². The van der Waals surface area contributed by atoms with Gasteiger partial charge in [-0.05, 0) is 25.5 Å². The van der Waals surface area contributed by atoms with E-state index in [4.69, 9.17) is 32.4 Å². The van der Waals surface area contributed by atoms with E-state index >= 15 is 0 Å². The van der Waals surface area contributed by atoms with Crippen LogP contribution in [0.25, 0.3) is 22.8 Å². The molecule has 1 aliphatic rings. The molecular weight excluding hydrogens is 385 g/mol. The van der Waals surface area contributed by atoms with Crippen molar-refractivity contribution in [2.45, 2.75) is 17.7 Å². The van der Waals surface area contributed by atoms with Gasteiger partial charge in [0.1, 0.15) is 4.33 Å². The summed E-state index contributed by atoms with van der Waals surface area (Å²) in [4.78, 5) is 16.9. The van der Waals surface area contributed by atoms with Crippen molar-refractivity contribution >= 4 is 29.2 Å². The van der Waals surface area contributed by atoms with Crippen molar-refractivity contribution in [2.75, 3.05) is 6.61 Å². The zero-order valence-corrected chi connectivity index (χ0v) is 16.1. The van der Waals surface area contributed by atoms with Crippen molar-refractivity contribution in [3.63, 3.8) is 0 Å². The molecule has 1 heterocycles. The zero-order chi connectivity index (χ0) is 19.0. The van der Waals surface area contributed by atoms with E-state index in [2.05, 4.69) is 4.98 Å². The van der Waals surface area contributed by atoms with Crippen LogP contribution in [0.4, 0.5) is 0 Å². The van der Waals surface area contributed by atoms with Gasteiger partial charge in [0, 0.05) is 11.5 Å². The number of hydrogen-bond acceptors (Lipinski definition) is 4. The smallest absolute Gasteiger partial charge is 0.338 e. The molecule has 1 fully saturated rings. The van der Waals surface area contributed by atoms with Crippen LogP contribution >= 0.6 is 23.2 Å². The Bertz CT molecular complexity index is 979. The SMILES string of the molecule is Cc1ccc(-c2cnc(-c3ccccc3C(=O)OCC3CC3(Cl)Cl)o2)cc1. The van der Waals surface area contributed by atoms with Crippen LogP contribution in [-0.2, 0) is 4.74 Å². The average Bonchev–Trinajstić information content (AvgIpc) is 3.06. The molecule has 0 N–H and O–H groups in total. The van der Waals surface area contributed by atoms with Crippen LogP contribution in [0.5, 0.6) is 0 Å². The summed E-state index contributed by atoms with van der Waals surface area (Å²) < 4.78 is 10.5. The van der Waals surface area contributed by atoms with Crippen LogP contribution in [0.3, 0.4) is 0 Å². The predicted octanol–water partition coefficient (Wildman–Crippen LogP) is 5.67. The van der Waals surface area contributed by atoms with Crippen molar-refractivity contribution in [1.29, 1.82) is 0 Å². The molecule has 1 aliphatic carbocycles. The Morgan fingerprint density at radius 1 is 1.22 bits per heavy atom. The highest BCUT2D eigenvalue weighted by molar-refractivity contribution is 6.50. The Morgan fingerprint density at radius 2 is 1.93 bits per heavy atom. The van der Waals surface area contributed by atoms with Gasteiger partial charge in [0.2, 0.25) is 5.89 Å². The molecule has 27 heavy (non-hydrogen) atoms. The minimum atomic E-state index is -0.773. The van der Waals surface area contributed by atoms with Gasteiger partial charge in [0.05, 0.1) is 23.9 Å². The van der Waals surface area contributed by atoms with Gasteiger partial charge in [-0.15, -0.1) is 23.2 Å². The third-order valence-corrected chi connectivity index (χ3v) is 5.52. The van der Waals surface area contributed by atoms with Gasteiger partial charge >= 0.3 is 5.97 Å². The number of rotatable bonds is 5. The molecule has 1 unspecified atom stereocenters. The Hall–Kier alpha value is -2.30. The van der Waals surface area contributed by atoms with Crippen LogP contribution in [0.15, 0.2) is 59.1 Å². The first-order chi connectivity index (χ1) is 12.9. The maximum absolute atomic E-state index is 12.5. The second kappa shape index (κ2) is 7.02. The number of benzene rings is 2. The quantitative estimate of drug-likeness (QED) is 0.408. The molecule has 1 saturated carbocycles. The number of esters is 1. The number of nitrogens with zero attached hydrogens (tertiary/aromatic N) is 1. The van der Waals surface area contributed by atoms with E-state index in [1.807, 2.05) is 37.3 Å². The number of aromatic nitrogens is 1. The summed E-state index contributed by atoms with van der Waals surface area (Å²) in [5.74, 6) is 0.539. The minimum Gasteiger partial charge on any atom is -0.462 e. The lowest BCUT2D eigenvalue weighted by Gasteiger charge is -2.07. The van der Waals surface area contributed by atoms with Crippen molar-refractivity contribution < 1.29 is 13.9 Å². The van der Waals surface area contributed by atoms with E-state index in [0.717, 1.165) is 5.56 Å². The monoisotopic (exact) mass is 401 g/mol. The van der Waals surface area contributed by atoms with Crippen molar-refractivity contribution in [1.82, 2.24) is 4.98 Å². The number of carbonyl (C=O) groups is 1. The standard InChI is InChI=1S/C21H17Cl2NO3/c1-13-6-8-14(9-7-13)18-11-24-19(27-18)16-4-2-3-5-17(16)20(25)26-12-15-10-21(15,22)23/h2-9,11,15H,10,12H2,1H3. The van der Waals surface area contributed by atoms with Crippen molar-refractivity contribution in [2.24, 2.45) is 5.92 Å². The second-order valence-electron chi connectivity index (χ2n) is 6.70. The number of ether oxygens (including phenoxy) is 1. The fraction of sp³-hybridized carbons (Fsp3) is 0.238. The molecule has 4 rings (SSSR count). The van der Waals surface area contributed by atoms with Crippen LogP contribution < -0.4 is 0 Å². The van der Waals surface area contributed by atoms with Gasteiger partial charge in [0.15, 0.2) is 5.76 Å².